The summed E-state index contributed by atoms with van der Waals surface area (Å²) < 4.78 is 10.4. The molecule has 1 unspecified atom stereocenters. The Bertz CT molecular complexity index is 457. The van der Waals surface area contributed by atoms with Gasteiger partial charge in [0, 0.05) is 0 Å². The molecule has 1 rings (SSSR count). The number of carboxylic acid groups (broad SMARTS) is 1. The van der Waals surface area contributed by atoms with E-state index in [9.17, 15) is 4.79 Å². The minimum atomic E-state index is -0.847. The lowest BCUT2D eigenvalue weighted by molar-refractivity contribution is -0.141. The highest BCUT2D eigenvalue weighted by atomic mass is 35.5. The van der Waals surface area contributed by atoms with Crippen LogP contribution in [0, 0.1) is 12.8 Å². The topological polar surface area (TPSA) is 55.8 Å². The second-order valence-electron chi connectivity index (χ2n) is 4.16. The van der Waals surface area contributed by atoms with Crippen LogP contribution in [-0.2, 0) is 11.2 Å². The molecule has 0 bridgehead atoms. The number of ether oxygens (including phenoxy) is 2. The average molecular weight is 273 g/mol. The summed E-state index contributed by atoms with van der Waals surface area (Å²) in [4.78, 5) is 10.9. The molecular weight excluding hydrogens is 256 g/mol. The van der Waals surface area contributed by atoms with E-state index in [4.69, 9.17) is 26.2 Å². The highest BCUT2D eigenvalue weighted by Gasteiger charge is 2.20. The molecule has 100 valence electrons. The number of halogens is 1. The minimum Gasteiger partial charge on any atom is -0.493 e. The maximum Gasteiger partial charge on any atom is 0.306 e. The zero-order valence-electron chi connectivity index (χ0n) is 10.9. The van der Waals surface area contributed by atoms with E-state index >= 15 is 0 Å². The van der Waals surface area contributed by atoms with Crippen LogP contribution in [0.1, 0.15) is 18.1 Å². The molecule has 0 aromatic heterocycles. The Morgan fingerprint density at radius 3 is 2.50 bits per heavy atom. The van der Waals surface area contributed by atoms with Gasteiger partial charge in [-0.05, 0) is 30.5 Å². The number of hydrogen-bond acceptors (Lipinski definition) is 3. The second-order valence-corrected chi connectivity index (χ2v) is 4.54. The summed E-state index contributed by atoms with van der Waals surface area (Å²) >= 11 is 6.25. The molecular formula is C13H17ClO4. The predicted octanol–water partition coefficient (Wildman–Crippen LogP) is 2.93. The van der Waals surface area contributed by atoms with Crippen molar-refractivity contribution >= 4 is 17.6 Å². The molecule has 18 heavy (non-hydrogen) atoms. The molecule has 1 aromatic carbocycles. The maximum absolute atomic E-state index is 10.9. The molecule has 4 nitrogen and oxygen atoms in total. The number of hydrogen-bond donors (Lipinski definition) is 1. The van der Waals surface area contributed by atoms with E-state index in [0.717, 1.165) is 11.1 Å². The zero-order valence-corrected chi connectivity index (χ0v) is 11.7. The first-order valence-electron chi connectivity index (χ1n) is 5.55. The molecule has 0 saturated carbocycles. The smallest absolute Gasteiger partial charge is 0.306 e. The van der Waals surface area contributed by atoms with Crippen molar-refractivity contribution in [3.8, 4) is 11.5 Å². The summed E-state index contributed by atoms with van der Waals surface area (Å²) in [7, 11) is 3.04. The SMILES string of the molecule is COc1cc(C)c(CC(C)C(=O)O)c(Cl)c1OC. The second kappa shape index (κ2) is 5.96. The van der Waals surface area contributed by atoms with E-state index in [-0.39, 0.29) is 0 Å². The third-order valence-electron chi connectivity index (χ3n) is 2.87. The lowest BCUT2D eigenvalue weighted by Crippen LogP contribution is -2.13. The van der Waals surface area contributed by atoms with Crippen LogP contribution in [-0.4, -0.2) is 25.3 Å². The van der Waals surface area contributed by atoms with E-state index < -0.39 is 11.9 Å². The molecule has 0 saturated heterocycles. The summed E-state index contributed by atoms with van der Waals surface area (Å²) in [6, 6.07) is 1.80. The maximum atomic E-state index is 10.9. The van der Waals surface area contributed by atoms with Crippen molar-refractivity contribution in [2.45, 2.75) is 20.3 Å². The van der Waals surface area contributed by atoms with Crippen LogP contribution in [0.3, 0.4) is 0 Å². The number of aliphatic carboxylic acids is 1. The van der Waals surface area contributed by atoms with E-state index in [0.29, 0.717) is 22.9 Å². The monoisotopic (exact) mass is 272 g/mol. The van der Waals surface area contributed by atoms with Crippen molar-refractivity contribution in [3.63, 3.8) is 0 Å². The predicted molar refractivity (Wildman–Crippen MR) is 69.8 cm³/mol. The molecule has 0 radical (unpaired) electrons. The van der Waals surface area contributed by atoms with Gasteiger partial charge in [-0.3, -0.25) is 4.79 Å². The fourth-order valence-corrected chi connectivity index (χ4v) is 2.15. The third-order valence-corrected chi connectivity index (χ3v) is 3.27. The van der Waals surface area contributed by atoms with Gasteiger partial charge < -0.3 is 14.6 Å². The van der Waals surface area contributed by atoms with Crippen molar-refractivity contribution in [2.24, 2.45) is 5.92 Å². The molecule has 5 heteroatoms. The Morgan fingerprint density at radius 1 is 1.44 bits per heavy atom. The lowest BCUT2D eigenvalue weighted by Gasteiger charge is -2.17. The Kier molecular flexibility index (Phi) is 4.84. The first-order chi connectivity index (χ1) is 8.42. The first-order valence-corrected chi connectivity index (χ1v) is 5.92. The van der Waals surface area contributed by atoms with Gasteiger partial charge in [0.1, 0.15) is 0 Å². The van der Waals surface area contributed by atoms with Gasteiger partial charge in [-0.15, -0.1) is 0 Å². The summed E-state index contributed by atoms with van der Waals surface area (Å²) in [6.45, 7) is 3.52. The van der Waals surface area contributed by atoms with Gasteiger partial charge >= 0.3 is 5.97 Å². The lowest BCUT2D eigenvalue weighted by atomic mass is 9.96. The Balaban J connectivity index is 3.24. The van der Waals surface area contributed by atoms with Gasteiger partial charge in [0.15, 0.2) is 11.5 Å². The van der Waals surface area contributed by atoms with E-state index in [2.05, 4.69) is 0 Å². The molecule has 0 amide bonds. The quantitative estimate of drug-likeness (QED) is 0.895. The molecule has 1 N–H and O–H groups in total. The van der Waals surface area contributed by atoms with E-state index in [1.807, 2.05) is 6.92 Å². The average Bonchev–Trinajstić information content (AvgIpc) is 2.33. The van der Waals surface area contributed by atoms with Gasteiger partial charge in [-0.1, -0.05) is 18.5 Å². The first kappa shape index (κ1) is 14.6. The molecule has 0 fully saturated rings. The summed E-state index contributed by atoms with van der Waals surface area (Å²) in [5, 5.41) is 9.37. The summed E-state index contributed by atoms with van der Waals surface area (Å²) in [5.74, 6) is -0.358. The molecule has 1 atom stereocenters. The van der Waals surface area contributed by atoms with Crippen LogP contribution >= 0.6 is 11.6 Å². The molecule has 0 heterocycles. The number of rotatable bonds is 5. The fraction of sp³-hybridized carbons (Fsp3) is 0.462. The fourth-order valence-electron chi connectivity index (χ4n) is 1.75. The van der Waals surface area contributed by atoms with Crippen molar-refractivity contribution in [1.82, 2.24) is 0 Å². The van der Waals surface area contributed by atoms with Gasteiger partial charge in [0.05, 0.1) is 25.2 Å². The van der Waals surface area contributed by atoms with Crippen LogP contribution in [0.4, 0.5) is 0 Å². The number of carboxylic acids is 1. The third kappa shape index (κ3) is 2.88. The van der Waals surface area contributed by atoms with E-state index in [1.54, 1.807) is 13.0 Å². The minimum absolute atomic E-state index is 0.361. The highest BCUT2D eigenvalue weighted by Crippen LogP contribution is 2.40. The molecule has 0 aliphatic heterocycles. The highest BCUT2D eigenvalue weighted by molar-refractivity contribution is 6.33. The molecule has 0 aliphatic carbocycles. The van der Waals surface area contributed by atoms with Gasteiger partial charge in [0.25, 0.3) is 0 Å². The van der Waals surface area contributed by atoms with Crippen molar-refractivity contribution in [3.05, 3.63) is 22.2 Å². The van der Waals surface area contributed by atoms with Crippen LogP contribution in [0.2, 0.25) is 5.02 Å². The van der Waals surface area contributed by atoms with Crippen LogP contribution in [0.25, 0.3) is 0 Å². The van der Waals surface area contributed by atoms with Crippen LogP contribution in [0.15, 0.2) is 6.07 Å². The largest absolute Gasteiger partial charge is 0.493 e. The van der Waals surface area contributed by atoms with Crippen molar-refractivity contribution in [1.29, 1.82) is 0 Å². The number of carbonyl (C=O) groups is 1. The summed E-state index contributed by atoms with van der Waals surface area (Å²) in [6.07, 6.45) is 0.361. The van der Waals surface area contributed by atoms with Gasteiger partial charge in [0.2, 0.25) is 0 Å². The number of methoxy groups -OCH3 is 2. The number of benzene rings is 1. The van der Waals surface area contributed by atoms with Gasteiger partial charge in [-0.2, -0.15) is 0 Å². The van der Waals surface area contributed by atoms with Gasteiger partial charge in [-0.25, -0.2) is 0 Å². The normalized spacial score (nSPS) is 12.1. The Hall–Kier alpha value is -1.42. The molecule has 0 aliphatic rings. The van der Waals surface area contributed by atoms with Crippen molar-refractivity contribution < 1.29 is 19.4 Å². The molecule has 1 aromatic rings. The zero-order chi connectivity index (χ0) is 13.9. The van der Waals surface area contributed by atoms with E-state index in [1.165, 1.54) is 14.2 Å². The van der Waals surface area contributed by atoms with Crippen LogP contribution in [0.5, 0.6) is 11.5 Å². The Labute approximate surface area is 111 Å². The molecule has 0 spiro atoms. The number of aryl methyl sites for hydroxylation is 1. The van der Waals surface area contributed by atoms with Crippen molar-refractivity contribution in [2.75, 3.05) is 14.2 Å². The Morgan fingerprint density at radius 2 is 2.06 bits per heavy atom. The standard InChI is InChI=1S/C13H17ClO4/c1-7-6-10(17-3)12(18-4)11(14)9(7)5-8(2)13(15)16/h6,8H,5H2,1-4H3,(H,15,16). The van der Waals surface area contributed by atoms with Crippen LogP contribution < -0.4 is 9.47 Å². The summed E-state index contributed by atoms with van der Waals surface area (Å²) in [5.41, 5.74) is 1.68.